The molecule has 0 saturated carbocycles. The molecule has 0 aromatic heterocycles. The van der Waals surface area contributed by atoms with Gasteiger partial charge < -0.3 is 14.2 Å². The first-order chi connectivity index (χ1) is 10.3. The molecule has 1 heterocycles. The monoisotopic (exact) mass is 284 g/mol. The van der Waals surface area contributed by atoms with E-state index in [-0.39, 0.29) is 12.1 Å². The van der Waals surface area contributed by atoms with Crippen molar-refractivity contribution in [3.8, 4) is 11.5 Å². The second-order valence-corrected chi connectivity index (χ2v) is 4.88. The van der Waals surface area contributed by atoms with E-state index in [4.69, 9.17) is 9.47 Å². The van der Waals surface area contributed by atoms with Gasteiger partial charge in [0.15, 0.2) is 0 Å². The maximum absolute atomic E-state index is 11.3. The normalized spacial score (nSPS) is 16.0. The topological polar surface area (TPSA) is 44.8 Å². The fourth-order valence-electron chi connectivity index (χ4n) is 2.34. The van der Waals surface area contributed by atoms with Crippen LogP contribution in [0.4, 0.5) is 0 Å². The van der Waals surface area contributed by atoms with Crippen molar-refractivity contribution >= 4 is 5.97 Å². The molecule has 0 spiro atoms. The predicted octanol–water partition coefficient (Wildman–Crippen LogP) is 2.86. The summed E-state index contributed by atoms with van der Waals surface area (Å²) in [6.45, 7) is 0.478. The van der Waals surface area contributed by atoms with Crippen LogP contribution in [0.5, 0.6) is 11.5 Å². The average molecular weight is 284 g/mol. The summed E-state index contributed by atoms with van der Waals surface area (Å²) in [5, 5.41) is 0. The standard InChI is InChI=1S/C17H16O4/c1-19-17(18)12-6-8-14(9-7-12)20-11-15-10-13-4-2-3-5-16(13)21-15/h2-9,15H,10-11H2,1H3. The van der Waals surface area contributed by atoms with Gasteiger partial charge in [-0.3, -0.25) is 0 Å². The molecule has 0 aliphatic carbocycles. The Hall–Kier alpha value is -2.49. The van der Waals surface area contributed by atoms with Crippen LogP contribution in [0.25, 0.3) is 0 Å². The van der Waals surface area contributed by atoms with E-state index in [1.54, 1.807) is 24.3 Å². The fourth-order valence-corrected chi connectivity index (χ4v) is 2.34. The van der Waals surface area contributed by atoms with Gasteiger partial charge in [0.25, 0.3) is 0 Å². The highest BCUT2D eigenvalue weighted by Crippen LogP contribution is 2.28. The number of para-hydroxylation sites is 1. The van der Waals surface area contributed by atoms with Crippen LogP contribution >= 0.6 is 0 Å². The summed E-state index contributed by atoms with van der Waals surface area (Å²) in [4.78, 5) is 11.3. The third-order valence-electron chi connectivity index (χ3n) is 3.43. The van der Waals surface area contributed by atoms with Gasteiger partial charge in [0.2, 0.25) is 0 Å². The zero-order chi connectivity index (χ0) is 14.7. The second kappa shape index (κ2) is 5.87. The molecule has 3 rings (SSSR count). The Morgan fingerprint density at radius 3 is 2.67 bits per heavy atom. The molecule has 0 saturated heterocycles. The van der Waals surface area contributed by atoms with Gasteiger partial charge in [-0.05, 0) is 35.9 Å². The molecule has 4 heteroatoms. The van der Waals surface area contributed by atoms with E-state index in [2.05, 4.69) is 10.8 Å². The van der Waals surface area contributed by atoms with Crippen molar-refractivity contribution in [2.24, 2.45) is 0 Å². The molecule has 0 fully saturated rings. The number of carbonyl (C=O) groups excluding carboxylic acids is 1. The minimum Gasteiger partial charge on any atom is -0.490 e. The number of methoxy groups -OCH3 is 1. The van der Waals surface area contributed by atoms with Gasteiger partial charge in [-0.2, -0.15) is 0 Å². The first-order valence-electron chi connectivity index (χ1n) is 6.82. The van der Waals surface area contributed by atoms with Crippen molar-refractivity contribution in [1.29, 1.82) is 0 Å². The third-order valence-corrected chi connectivity index (χ3v) is 3.43. The Bertz CT molecular complexity index is 608. The van der Waals surface area contributed by atoms with Crippen molar-refractivity contribution in [3.63, 3.8) is 0 Å². The van der Waals surface area contributed by atoms with Crippen LogP contribution in [0.3, 0.4) is 0 Å². The lowest BCUT2D eigenvalue weighted by Gasteiger charge is -2.12. The first-order valence-corrected chi connectivity index (χ1v) is 6.82. The molecule has 0 N–H and O–H groups in total. The molecule has 1 atom stereocenters. The van der Waals surface area contributed by atoms with Crippen molar-refractivity contribution in [2.75, 3.05) is 13.7 Å². The van der Waals surface area contributed by atoms with Crippen molar-refractivity contribution in [3.05, 3.63) is 59.7 Å². The van der Waals surface area contributed by atoms with Gasteiger partial charge in [0, 0.05) is 6.42 Å². The van der Waals surface area contributed by atoms with Crippen LogP contribution in [-0.2, 0) is 11.2 Å². The number of carbonyl (C=O) groups is 1. The van der Waals surface area contributed by atoms with Crippen molar-refractivity contribution in [2.45, 2.75) is 12.5 Å². The average Bonchev–Trinajstić information content (AvgIpc) is 2.95. The Balaban J connectivity index is 1.56. The van der Waals surface area contributed by atoms with E-state index < -0.39 is 0 Å². The highest BCUT2D eigenvalue weighted by molar-refractivity contribution is 5.89. The van der Waals surface area contributed by atoms with Crippen LogP contribution in [0, 0.1) is 0 Å². The summed E-state index contributed by atoms with van der Waals surface area (Å²) < 4.78 is 16.2. The highest BCUT2D eigenvalue weighted by Gasteiger charge is 2.22. The van der Waals surface area contributed by atoms with E-state index >= 15 is 0 Å². The molecular formula is C17H16O4. The molecule has 108 valence electrons. The van der Waals surface area contributed by atoms with Gasteiger partial charge in [-0.15, -0.1) is 0 Å². The smallest absolute Gasteiger partial charge is 0.337 e. The molecule has 1 aliphatic heterocycles. The summed E-state index contributed by atoms with van der Waals surface area (Å²) in [7, 11) is 1.36. The van der Waals surface area contributed by atoms with Crippen LogP contribution < -0.4 is 9.47 Å². The minimum absolute atomic E-state index is 0.0303. The Morgan fingerprint density at radius 1 is 1.19 bits per heavy atom. The molecule has 2 aromatic carbocycles. The molecule has 21 heavy (non-hydrogen) atoms. The maximum Gasteiger partial charge on any atom is 0.337 e. The molecule has 0 bridgehead atoms. The summed E-state index contributed by atoms with van der Waals surface area (Å²) in [5.41, 5.74) is 1.72. The van der Waals surface area contributed by atoms with E-state index in [0.29, 0.717) is 17.9 Å². The predicted molar refractivity (Wildman–Crippen MR) is 77.8 cm³/mol. The van der Waals surface area contributed by atoms with Crippen LogP contribution in [0.1, 0.15) is 15.9 Å². The Labute approximate surface area is 123 Å². The SMILES string of the molecule is COC(=O)c1ccc(OCC2Cc3ccccc3O2)cc1. The molecule has 1 unspecified atom stereocenters. The first kappa shape index (κ1) is 13.5. The molecule has 0 radical (unpaired) electrons. The summed E-state index contributed by atoms with van der Waals surface area (Å²) in [5.74, 6) is 1.30. The molecule has 4 nitrogen and oxygen atoms in total. The highest BCUT2D eigenvalue weighted by atomic mass is 16.5. The fraction of sp³-hybridized carbons (Fsp3) is 0.235. The van der Waals surface area contributed by atoms with E-state index in [1.165, 1.54) is 12.7 Å². The van der Waals surface area contributed by atoms with Crippen LogP contribution in [0.2, 0.25) is 0 Å². The molecular weight excluding hydrogens is 268 g/mol. The van der Waals surface area contributed by atoms with Gasteiger partial charge in [-0.1, -0.05) is 18.2 Å². The molecule has 2 aromatic rings. The lowest BCUT2D eigenvalue weighted by atomic mass is 10.1. The van der Waals surface area contributed by atoms with Gasteiger partial charge >= 0.3 is 5.97 Å². The van der Waals surface area contributed by atoms with Crippen molar-refractivity contribution in [1.82, 2.24) is 0 Å². The van der Waals surface area contributed by atoms with E-state index in [9.17, 15) is 4.79 Å². The number of esters is 1. The van der Waals surface area contributed by atoms with E-state index in [1.807, 2.05) is 18.2 Å². The number of benzene rings is 2. The summed E-state index contributed by atoms with van der Waals surface area (Å²) >= 11 is 0. The largest absolute Gasteiger partial charge is 0.490 e. The van der Waals surface area contributed by atoms with Gasteiger partial charge in [0.05, 0.1) is 12.7 Å². The van der Waals surface area contributed by atoms with Gasteiger partial charge in [-0.25, -0.2) is 4.79 Å². The zero-order valence-corrected chi connectivity index (χ0v) is 11.7. The Morgan fingerprint density at radius 2 is 1.95 bits per heavy atom. The van der Waals surface area contributed by atoms with Crippen LogP contribution in [-0.4, -0.2) is 25.8 Å². The minimum atomic E-state index is -0.351. The summed E-state index contributed by atoms with van der Waals surface area (Å²) in [6, 6.07) is 14.9. The summed E-state index contributed by atoms with van der Waals surface area (Å²) in [6.07, 6.45) is 0.888. The second-order valence-electron chi connectivity index (χ2n) is 4.88. The molecule has 0 amide bonds. The Kier molecular flexibility index (Phi) is 3.77. The van der Waals surface area contributed by atoms with Gasteiger partial charge in [0.1, 0.15) is 24.2 Å². The lowest BCUT2D eigenvalue weighted by molar-refractivity contribution is 0.0600. The zero-order valence-electron chi connectivity index (χ0n) is 11.7. The number of rotatable bonds is 4. The lowest BCUT2D eigenvalue weighted by Crippen LogP contribution is -2.22. The number of hydrogen-bond donors (Lipinski definition) is 0. The van der Waals surface area contributed by atoms with Crippen molar-refractivity contribution < 1.29 is 19.0 Å². The quantitative estimate of drug-likeness (QED) is 0.810. The molecule has 1 aliphatic rings. The van der Waals surface area contributed by atoms with Crippen LogP contribution in [0.15, 0.2) is 48.5 Å². The maximum atomic E-state index is 11.3. The third kappa shape index (κ3) is 2.99. The number of hydrogen-bond acceptors (Lipinski definition) is 4. The number of fused-ring (bicyclic) bond motifs is 1. The number of ether oxygens (including phenoxy) is 3. The van der Waals surface area contributed by atoms with E-state index in [0.717, 1.165) is 12.2 Å².